The lowest BCUT2D eigenvalue weighted by molar-refractivity contribution is 0.222. The summed E-state index contributed by atoms with van der Waals surface area (Å²) in [5.74, 6) is 1.81. The Balaban J connectivity index is 2.20. The summed E-state index contributed by atoms with van der Waals surface area (Å²) >= 11 is 12.3. The third-order valence-electron chi connectivity index (χ3n) is 3.27. The maximum absolute atomic E-state index is 6.26. The standard InChI is InChI=1S/C15H18Cl2N2O/c1-10-3-5-12(20-10)9-19(2)15(8-18)13-7-11(16)4-6-14(13)17/h3-7,15H,8-9,18H2,1-2H3. The zero-order chi connectivity index (χ0) is 14.7. The third-order valence-corrected chi connectivity index (χ3v) is 3.85. The fourth-order valence-electron chi connectivity index (χ4n) is 2.24. The van der Waals surface area contributed by atoms with E-state index in [1.54, 1.807) is 12.1 Å². The van der Waals surface area contributed by atoms with Gasteiger partial charge in [-0.05, 0) is 49.9 Å². The molecule has 20 heavy (non-hydrogen) atoms. The highest BCUT2D eigenvalue weighted by molar-refractivity contribution is 6.33. The molecule has 0 spiro atoms. The molecule has 1 aromatic carbocycles. The lowest BCUT2D eigenvalue weighted by atomic mass is 10.1. The van der Waals surface area contributed by atoms with Crippen LogP contribution in [0.3, 0.4) is 0 Å². The molecule has 5 heteroatoms. The summed E-state index contributed by atoms with van der Waals surface area (Å²) < 4.78 is 5.60. The Morgan fingerprint density at radius 3 is 2.60 bits per heavy atom. The van der Waals surface area contributed by atoms with Gasteiger partial charge < -0.3 is 10.2 Å². The first-order valence-corrected chi connectivity index (χ1v) is 7.17. The van der Waals surface area contributed by atoms with Crippen LogP contribution in [0.4, 0.5) is 0 Å². The molecule has 0 fully saturated rings. The molecule has 0 saturated heterocycles. The van der Waals surface area contributed by atoms with Crippen molar-refractivity contribution in [2.24, 2.45) is 5.73 Å². The van der Waals surface area contributed by atoms with E-state index in [1.807, 2.05) is 32.2 Å². The molecule has 0 aliphatic rings. The number of likely N-dealkylation sites (N-methyl/N-ethyl adjacent to an activating group) is 1. The second kappa shape index (κ2) is 6.64. The maximum Gasteiger partial charge on any atom is 0.118 e. The molecular formula is C15H18Cl2N2O. The van der Waals surface area contributed by atoms with Gasteiger partial charge in [0.05, 0.1) is 6.54 Å². The fourth-order valence-corrected chi connectivity index (χ4v) is 2.66. The summed E-state index contributed by atoms with van der Waals surface area (Å²) in [6, 6.07) is 9.35. The molecular weight excluding hydrogens is 295 g/mol. The summed E-state index contributed by atoms with van der Waals surface area (Å²) in [5.41, 5.74) is 6.85. The number of furan rings is 1. The Morgan fingerprint density at radius 2 is 2.00 bits per heavy atom. The van der Waals surface area contributed by atoms with Crippen LogP contribution in [0.2, 0.25) is 10.0 Å². The molecule has 1 heterocycles. The minimum Gasteiger partial charge on any atom is -0.465 e. The van der Waals surface area contributed by atoms with Gasteiger partial charge >= 0.3 is 0 Å². The van der Waals surface area contributed by atoms with Crippen molar-refractivity contribution in [3.05, 3.63) is 57.5 Å². The van der Waals surface area contributed by atoms with Crippen LogP contribution in [0.5, 0.6) is 0 Å². The van der Waals surface area contributed by atoms with Gasteiger partial charge in [-0.25, -0.2) is 0 Å². The summed E-state index contributed by atoms with van der Waals surface area (Å²) in [5, 5.41) is 1.33. The summed E-state index contributed by atoms with van der Waals surface area (Å²) in [6.45, 7) is 3.05. The quantitative estimate of drug-likeness (QED) is 0.906. The predicted octanol–water partition coefficient (Wildman–Crippen LogP) is 4.03. The van der Waals surface area contributed by atoms with Crippen molar-refractivity contribution < 1.29 is 4.42 Å². The molecule has 2 rings (SSSR count). The maximum atomic E-state index is 6.26. The number of benzene rings is 1. The normalized spacial score (nSPS) is 12.9. The molecule has 0 amide bonds. The van der Waals surface area contributed by atoms with Crippen LogP contribution in [0, 0.1) is 6.92 Å². The third kappa shape index (κ3) is 3.55. The molecule has 3 nitrogen and oxygen atoms in total. The van der Waals surface area contributed by atoms with E-state index in [1.165, 1.54) is 0 Å². The van der Waals surface area contributed by atoms with Gasteiger partial charge in [0.25, 0.3) is 0 Å². The van der Waals surface area contributed by atoms with E-state index < -0.39 is 0 Å². The number of hydrogen-bond acceptors (Lipinski definition) is 3. The fraction of sp³-hybridized carbons (Fsp3) is 0.333. The van der Waals surface area contributed by atoms with Gasteiger partial charge in [-0.1, -0.05) is 23.2 Å². The molecule has 0 saturated carbocycles. The Hall–Kier alpha value is -1.00. The van der Waals surface area contributed by atoms with E-state index in [0.29, 0.717) is 23.1 Å². The van der Waals surface area contributed by atoms with Gasteiger partial charge in [0.2, 0.25) is 0 Å². The number of halogens is 2. The lowest BCUT2D eigenvalue weighted by Crippen LogP contribution is -2.30. The molecule has 108 valence electrons. The van der Waals surface area contributed by atoms with Crippen molar-refractivity contribution in [1.29, 1.82) is 0 Å². The molecule has 1 atom stereocenters. The van der Waals surface area contributed by atoms with Crippen LogP contribution >= 0.6 is 23.2 Å². The summed E-state index contributed by atoms with van der Waals surface area (Å²) in [4.78, 5) is 2.11. The van der Waals surface area contributed by atoms with Crippen molar-refractivity contribution in [3.63, 3.8) is 0 Å². The van der Waals surface area contributed by atoms with Gasteiger partial charge in [0, 0.05) is 22.6 Å². The van der Waals surface area contributed by atoms with Crippen molar-refractivity contribution in [2.45, 2.75) is 19.5 Å². The topological polar surface area (TPSA) is 42.4 Å². The van der Waals surface area contributed by atoms with Crippen LogP contribution in [0.15, 0.2) is 34.7 Å². The molecule has 0 aliphatic carbocycles. The van der Waals surface area contributed by atoms with Crippen molar-refractivity contribution >= 4 is 23.2 Å². The number of nitrogens with two attached hydrogens (primary N) is 1. The van der Waals surface area contributed by atoms with Crippen LogP contribution in [-0.4, -0.2) is 18.5 Å². The number of hydrogen-bond donors (Lipinski definition) is 1. The molecule has 1 aromatic heterocycles. The first-order chi connectivity index (χ1) is 9.51. The SMILES string of the molecule is Cc1ccc(CN(C)C(CN)c2cc(Cl)ccc2Cl)o1. The van der Waals surface area contributed by atoms with Crippen molar-refractivity contribution in [3.8, 4) is 0 Å². The Labute approximate surface area is 129 Å². The lowest BCUT2D eigenvalue weighted by Gasteiger charge is -2.27. The second-order valence-corrected chi connectivity index (χ2v) is 5.69. The summed E-state index contributed by atoms with van der Waals surface area (Å²) in [7, 11) is 1.99. The molecule has 1 unspecified atom stereocenters. The van der Waals surface area contributed by atoms with Crippen molar-refractivity contribution in [2.75, 3.05) is 13.6 Å². The van der Waals surface area contributed by atoms with Crippen molar-refractivity contribution in [1.82, 2.24) is 4.90 Å². The first-order valence-electron chi connectivity index (χ1n) is 6.42. The Morgan fingerprint density at radius 1 is 1.25 bits per heavy atom. The minimum atomic E-state index is -0.00777. The van der Waals surface area contributed by atoms with Gasteiger partial charge in [-0.2, -0.15) is 0 Å². The van der Waals surface area contributed by atoms with Crippen LogP contribution in [-0.2, 0) is 6.54 Å². The van der Waals surface area contributed by atoms with E-state index in [2.05, 4.69) is 4.90 Å². The second-order valence-electron chi connectivity index (χ2n) is 4.84. The largest absolute Gasteiger partial charge is 0.465 e. The number of nitrogens with zero attached hydrogens (tertiary/aromatic N) is 1. The average Bonchev–Trinajstić information content (AvgIpc) is 2.80. The molecule has 2 N–H and O–H groups in total. The van der Waals surface area contributed by atoms with E-state index in [-0.39, 0.29) is 6.04 Å². The van der Waals surface area contributed by atoms with Gasteiger partial charge in [0.1, 0.15) is 11.5 Å². The van der Waals surface area contributed by atoms with Gasteiger partial charge in [0.15, 0.2) is 0 Å². The Bertz CT molecular complexity index is 583. The van der Waals surface area contributed by atoms with Crippen LogP contribution in [0.25, 0.3) is 0 Å². The molecule has 0 bridgehead atoms. The smallest absolute Gasteiger partial charge is 0.118 e. The van der Waals surface area contributed by atoms with E-state index in [0.717, 1.165) is 17.1 Å². The number of rotatable bonds is 5. The first kappa shape index (κ1) is 15.4. The van der Waals surface area contributed by atoms with E-state index in [9.17, 15) is 0 Å². The summed E-state index contributed by atoms with van der Waals surface area (Å²) in [6.07, 6.45) is 0. The Kier molecular flexibility index (Phi) is 5.11. The van der Waals surface area contributed by atoms with E-state index >= 15 is 0 Å². The molecule has 2 aromatic rings. The highest BCUT2D eigenvalue weighted by Crippen LogP contribution is 2.29. The monoisotopic (exact) mass is 312 g/mol. The zero-order valence-electron chi connectivity index (χ0n) is 11.6. The van der Waals surface area contributed by atoms with E-state index in [4.69, 9.17) is 33.4 Å². The molecule has 0 aliphatic heterocycles. The molecule has 0 radical (unpaired) electrons. The van der Waals surface area contributed by atoms with Crippen LogP contribution < -0.4 is 5.73 Å². The van der Waals surface area contributed by atoms with Gasteiger partial charge in [-0.15, -0.1) is 0 Å². The average molecular weight is 313 g/mol. The highest BCUT2D eigenvalue weighted by atomic mass is 35.5. The minimum absolute atomic E-state index is 0.00777. The van der Waals surface area contributed by atoms with Gasteiger partial charge in [-0.3, -0.25) is 4.90 Å². The highest BCUT2D eigenvalue weighted by Gasteiger charge is 2.19. The predicted molar refractivity (Wildman–Crippen MR) is 83.2 cm³/mol. The number of aryl methyl sites for hydroxylation is 1. The van der Waals surface area contributed by atoms with Crippen LogP contribution in [0.1, 0.15) is 23.1 Å². The zero-order valence-corrected chi connectivity index (χ0v) is 13.1.